The number of anilines is 1. The van der Waals surface area contributed by atoms with Crippen molar-refractivity contribution in [2.45, 2.75) is 26.0 Å². The van der Waals surface area contributed by atoms with E-state index >= 15 is 0 Å². The van der Waals surface area contributed by atoms with E-state index in [0.29, 0.717) is 24.7 Å². The molecule has 0 bridgehead atoms. The zero-order chi connectivity index (χ0) is 19.4. The van der Waals surface area contributed by atoms with Crippen molar-refractivity contribution >= 4 is 11.6 Å². The van der Waals surface area contributed by atoms with Gasteiger partial charge < -0.3 is 14.8 Å². The molecule has 0 atom stereocenters. The predicted molar refractivity (Wildman–Crippen MR) is 98.9 cm³/mol. The van der Waals surface area contributed by atoms with E-state index in [0.717, 1.165) is 26.2 Å². The van der Waals surface area contributed by atoms with Gasteiger partial charge in [-0.15, -0.1) is 0 Å². The second-order valence-corrected chi connectivity index (χ2v) is 7.46. The Kier molecular flexibility index (Phi) is 5.88. The molecule has 7 nitrogen and oxygen atoms in total. The van der Waals surface area contributed by atoms with Gasteiger partial charge in [0.05, 0.1) is 12.1 Å². The van der Waals surface area contributed by atoms with Crippen LogP contribution in [0.15, 0.2) is 34.9 Å². The summed E-state index contributed by atoms with van der Waals surface area (Å²) in [6, 6.07) is 5.68. The van der Waals surface area contributed by atoms with Gasteiger partial charge in [0.2, 0.25) is 5.89 Å². The number of rotatable bonds is 6. The van der Waals surface area contributed by atoms with Gasteiger partial charge in [-0.3, -0.25) is 14.6 Å². The van der Waals surface area contributed by atoms with Crippen LogP contribution >= 0.6 is 0 Å². The first kappa shape index (κ1) is 19.5. The average Bonchev–Trinajstić information content (AvgIpc) is 3.04. The molecule has 2 N–H and O–H groups in total. The number of carbonyl (C=O) groups excluding carboxylic acids is 1. The Labute approximate surface area is 157 Å². The Morgan fingerprint density at radius 1 is 1.30 bits per heavy atom. The van der Waals surface area contributed by atoms with Crippen LogP contribution in [0.1, 0.15) is 30.2 Å². The lowest BCUT2D eigenvalue weighted by Gasteiger charge is -2.36. The maximum atomic E-state index is 13.2. The quantitative estimate of drug-likeness (QED) is 0.802. The van der Waals surface area contributed by atoms with Gasteiger partial charge in [0.1, 0.15) is 12.1 Å². The molecule has 8 heteroatoms. The molecule has 1 aliphatic rings. The molecular formula is C19H25FN4O3. The Bertz CT molecular complexity index is 779. The van der Waals surface area contributed by atoms with Gasteiger partial charge in [0.25, 0.3) is 5.91 Å². The molecular weight excluding hydrogens is 351 g/mol. The predicted octanol–water partition coefficient (Wildman–Crippen LogP) is 1.95. The van der Waals surface area contributed by atoms with Crippen molar-refractivity contribution in [2.75, 3.05) is 38.0 Å². The van der Waals surface area contributed by atoms with Crippen LogP contribution in [-0.4, -0.2) is 64.1 Å². The lowest BCUT2D eigenvalue weighted by molar-refractivity contribution is 0.0156. The number of amides is 1. The molecule has 2 heterocycles. The molecule has 2 aromatic rings. The van der Waals surface area contributed by atoms with Gasteiger partial charge in [-0.1, -0.05) is 6.07 Å². The zero-order valence-electron chi connectivity index (χ0n) is 15.6. The minimum atomic E-state index is -0.700. The molecule has 1 amide bonds. The Balaban J connectivity index is 1.50. The molecule has 1 aromatic heterocycles. The number of β-amino-alcohol motifs (C(OH)–C–C–N with tert-alkyl or cyclic N) is 1. The number of nitrogens with one attached hydrogen (secondary N) is 1. The van der Waals surface area contributed by atoms with Crippen LogP contribution in [-0.2, 0) is 6.54 Å². The second kappa shape index (κ2) is 8.16. The monoisotopic (exact) mass is 376 g/mol. The molecule has 0 radical (unpaired) electrons. The van der Waals surface area contributed by atoms with E-state index in [2.05, 4.69) is 20.1 Å². The van der Waals surface area contributed by atoms with Gasteiger partial charge in [0, 0.05) is 38.4 Å². The summed E-state index contributed by atoms with van der Waals surface area (Å²) in [7, 11) is 0. The number of nitrogens with zero attached hydrogens (tertiary/aromatic N) is 3. The summed E-state index contributed by atoms with van der Waals surface area (Å²) in [6.45, 7) is 8.17. The lowest BCUT2D eigenvalue weighted by atomic mass is 10.1. The lowest BCUT2D eigenvalue weighted by Crippen LogP contribution is -2.50. The number of benzene rings is 1. The Hall–Kier alpha value is -2.29. The first-order valence-corrected chi connectivity index (χ1v) is 8.97. The molecule has 0 spiro atoms. The third kappa shape index (κ3) is 5.85. The van der Waals surface area contributed by atoms with Crippen LogP contribution in [0.3, 0.4) is 0 Å². The van der Waals surface area contributed by atoms with Crippen LogP contribution in [0.25, 0.3) is 0 Å². The molecule has 1 fully saturated rings. The van der Waals surface area contributed by atoms with Crippen LogP contribution in [0.5, 0.6) is 0 Å². The summed E-state index contributed by atoms with van der Waals surface area (Å²) >= 11 is 0. The molecule has 146 valence electrons. The van der Waals surface area contributed by atoms with Gasteiger partial charge in [-0.2, -0.15) is 0 Å². The summed E-state index contributed by atoms with van der Waals surface area (Å²) in [6.07, 6.45) is 1.31. The number of hydrogen-bond donors (Lipinski definition) is 2. The van der Waals surface area contributed by atoms with Crippen LogP contribution in [0.2, 0.25) is 0 Å². The normalized spacial score (nSPS) is 16.4. The Morgan fingerprint density at radius 2 is 2.00 bits per heavy atom. The van der Waals surface area contributed by atoms with Gasteiger partial charge in [-0.05, 0) is 32.0 Å². The Morgan fingerprint density at radius 3 is 2.67 bits per heavy atom. The number of hydrogen-bond acceptors (Lipinski definition) is 6. The van der Waals surface area contributed by atoms with Crippen molar-refractivity contribution in [3.05, 3.63) is 47.9 Å². The van der Waals surface area contributed by atoms with Crippen LogP contribution < -0.4 is 5.32 Å². The molecule has 1 aromatic carbocycles. The smallest absolute Gasteiger partial charge is 0.277 e. The SMILES string of the molecule is CC(C)(O)CN1CCN(Cc2nc(C(=O)Nc3cccc(F)c3)co2)CC1. The van der Waals surface area contributed by atoms with E-state index in [4.69, 9.17) is 4.42 Å². The van der Waals surface area contributed by atoms with Crippen LogP contribution in [0, 0.1) is 5.82 Å². The summed E-state index contributed by atoms with van der Waals surface area (Å²) in [5.41, 5.74) is -0.170. The molecule has 0 saturated carbocycles. The molecule has 27 heavy (non-hydrogen) atoms. The molecule has 0 aliphatic carbocycles. The fraction of sp³-hybridized carbons (Fsp3) is 0.474. The topological polar surface area (TPSA) is 81.8 Å². The minimum absolute atomic E-state index is 0.162. The maximum absolute atomic E-state index is 13.2. The van der Waals surface area contributed by atoms with Crippen molar-refractivity contribution in [3.63, 3.8) is 0 Å². The van der Waals surface area contributed by atoms with E-state index in [1.807, 2.05) is 13.8 Å². The van der Waals surface area contributed by atoms with E-state index in [1.165, 1.54) is 24.5 Å². The zero-order valence-corrected chi connectivity index (χ0v) is 15.6. The minimum Gasteiger partial charge on any atom is -0.447 e. The number of halogens is 1. The van der Waals surface area contributed by atoms with Gasteiger partial charge in [-0.25, -0.2) is 9.37 Å². The summed E-state index contributed by atoms with van der Waals surface area (Å²) in [4.78, 5) is 20.9. The largest absolute Gasteiger partial charge is 0.447 e. The van der Waals surface area contributed by atoms with E-state index in [1.54, 1.807) is 6.07 Å². The molecule has 0 unspecified atom stereocenters. The van der Waals surface area contributed by atoms with Crippen molar-refractivity contribution in [3.8, 4) is 0 Å². The van der Waals surface area contributed by atoms with Crippen LogP contribution in [0.4, 0.5) is 10.1 Å². The maximum Gasteiger partial charge on any atom is 0.277 e. The highest BCUT2D eigenvalue weighted by Gasteiger charge is 2.23. The van der Waals surface area contributed by atoms with E-state index < -0.39 is 17.3 Å². The molecule has 3 rings (SSSR count). The number of aromatic nitrogens is 1. The first-order valence-electron chi connectivity index (χ1n) is 8.97. The average molecular weight is 376 g/mol. The van der Waals surface area contributed by atoms with Crippen molar-refractivity contribution < 1.29 is 18.7 Å². The number of oxazole rings is 1. The highest BCUT2D eigenvalue weighted by molar-refractivity contribution is 6.02. The fourth-order valence-corrected chi connectivity index (χ4v) is 3.09. The molecule has 1 saturated heterocycles. The number of aliphatic hydroxyl groups is 1. The van der Waals surface area contributed by atoms with Gasteiger partial charge >= 0.3 is 0 Å². The van der Waals surface area contributed by atoms with Crippen molar-refractivity contribution in [2.24, 2.45) is 0 Å². The molecule has 1 aliphatic heterocycles. The first-order chi connectivity index (χ1) is 12.8. The van der Waals surface area contributed by atoms with Gasteiger partial charge in [0.15, 0.2) is 5.69 Å². The fourth-order valence-electron chi connectivity index (χ4n) is 3.09. The van der Waals surface area contributed by atoms with Crippen molar-refractivity contribution in [1.29, 1.82) is 0 Å². The summed E-state index contributed by atoms with van der Waals surface area (Å²) < 4.78 is 18.6. The third-order valence-corrected chi connectivity index (χ3v) is 4.30. The summed E-state index contributed by atoms with van der Waals surface area (Å²) in [5, 5.41) is 12.5. The number of carbonyl (C=O) groups is 1. The van der Waals surface area contributed by atoms with Crippen molar-refractivity contribution in [1.82, 2.24) is 14.8 Å². The summed E-state index contributed by atoms with van der Waals surface area (Å²) in [5.74, 6) is -0.390. The van der Waals surface area contributed by atoms with E-state index in [9.17, 15) is 14.3 Å². The third-order valence-electron chi connectivity index (χ3n) is 4.30. The highest BCUT2D eigenvalue weighted by atomic mass is 19.1. The number of piperazine rings is 1. The second-order valence-electron chi connectivity index (χ2n) is 7.46. The standard InChI is InChI=1S/C19H25FN4O3/c1-19(2,26)13-24-8-6-23(7-9-24)11-17-22-16(12-27-17)18(25)21-15-5-3-4-14(20)10-15/h3-5,10,12,26H,6-9,11,13H2,1-2H3,(H,21,25). The van der Waals surface area contributed by atoms with E-state index in [-0.39, 0.29) is 5.69 Å². The highest BCUT2D eigenvalue weighted by Crippen LogP contribution is 2.14.